The highest BCUT2D eigenvalue weighted by molar-refractivity contribution is 5.93. The Hall–Kier alpha value is -2.56. The molecule has 0 atom stereocenters. The van der Waals surface area contributed by atoms with E-state index in [0.29, 0.717) is 24.7 Å². The lowest BCUT2D eigenvalue weighted by atomic mass is 10.3. The highest BCUT2D eigenvalue weighted by Gasteiger charge is 2.01. The van der Waals surface area contributed by atoms with Gasteiger partial charge in [0.25, 0.3) is 0 Å². The van der Waals surface area contributed by atoms with Crippen molar-refractivity contribution >= 4 is 5.84 Å². The van der Waals surface area contributed by atoms with Crippen molar-refractivity contribution in [3.63, 3.8) is 0 Å². The molecule has 1 aromatic heterocycles. The second-order valence-electron chi connectivity index (χ2n) is 3.80. The number of ether oxygens (including phenoxy) is 2. The van der Waals surface area contributed by atoms with Gasteiger partial charge >= 0.3 is 0 Å². The fraction of sp³-hybridized carbons (Fsp3) is 0.143. The van der Waals surface area contributed by atoms with Crippen LogP contribution in [-0.4, -0.2) is 24.0 Å². The maximum atomic E-state index is 7.29. The van der Waals surface area contributed by atoms with Crippen molar-refractivity contribution in [2.45, 2.75) is 0 Å². The van der Waals surface area contributed by atoms with E-state index < -0.39 is 0 Å². The second kappa shape index (κ2) is 6.39. The Morgan fingerprint density at radius 3 is 2.42 bits per heavy atom. The molecule has 1 heterocycles. The average molecular weight is 257 g/mol. The molecule has 19 heavy (non-hydrogen) atoms. The fourth-order valence-corrected chi connectivity index (χ4v) is 1.48. The van der Waals surface area contributed by atoms with Gasteiger partial charge in [0, 0.05) is 12.3 Å². The lowest BCUT2D eigenvalue weighted by Crippen LogP contribution is -2.14. The quantitative estimate of drug-likeness (QED) is 0.470. The van der Waals surface area contributed by atoms with Crippen molar-refractivity contribution in [3.05, 3.63) is 54.4 Å². The zero-order chi connectivity index (χ0) is 13.5. The highest BCUT2D eigenvalue weighted by Crippen LogP contribution is 2.11. The third-order valence-corrected chi connectivity index (χ3v) is 2.37. The minimum Gasteiger partial charge on any atom is -0.490 e. The number of nitrogens with zero attached hydrogens (tertiary/aromatic N) is 1. The molecule has 0 radical (unpaired) electrons. The molecule has 0 aliphatic heterocycles. The first-order valence-corrected chi connectivity index (χ1v) is 5.87. The number of nitrogen functional groups attached to an aromatic ring is 1. The number of benzene rings is 1. The van der Waals surface area contributed by atoms with Crippen molar-refractivity contribution < 1.29 is 9.47 Å². The van der Waals surface area contributed by atoms with Crippen LogP contribution in [-0.2, 0) is 0 Å². The minimum absolute atomic E-state index is 0.0778. The van der Waals surface area contributed by atoms with Crippen LogP contribution in [0.1, 0.15) is 5.69 Å². The third-order valence-electron chi connectivity index (χ3n) is 2.37. The minimum atomic E-state index is -0.0778. The molecule has 0 spiro atoms. The van der Waals surface area contributed by atoms with Crippen molar-refractivity contribution in [2.24, 2.45) is 5.73 Å². The molecule has 3 N–H and O–H groups in total. The molecule has 5 nitrogen and oxygen atoms in total. The molecule has 0 amide bonds. The van der Waals surface area contributed by atoms with Crippen LogP contribution in [0.15, 0.2) is 48.7 Å². The molecule has 0 fully saturated rings. The van der Waals surface area contributed by atoms with E-state index in [4.69, 9.17) is 20.6 Å². The van der Waals surface area contributed by atoms with Crippen LogP contribution in [0.3, 0.4) is 0 Å². The van der Waals surface area contributed by atoms with Gasteiger partial charge in [-0.3, -0.25) is 10.4 Å². The van der Waals surface area contributed by atoms with Gasteiger partial charge in [-0.25, -0.2) is 0 Å². The summed E-state index contributed by atoms with van der Waals surface area (Å²) in [4.78, 5) is 3.95. The van der Waals surface area contributed by atoms with Crippen molar-refractivity contribution in [1.29, 1.82) is 5.41 Å². The van der Waals surface area contributed by atoms with E-state index in [2.05, 4.69) is 4.98 Å². The molecule has 0 aliphatic rings. The number of pyridine rings is 1. The van der Waals surface area contributed by atoms with E-state index in [0.717, 1.165) is 5.75 Å². The predicted molar refractivity (Wildman–Crippen MR) is 72.7 cm³/mol. The molecule has 0 saturated carbocycles. The van der Waals surface area contributed by atoms with Crippen molar-refractivity contribution in [2.75, 3.05) is 13.2 Å². The molecular formula is C14H15N3O2. The lowest BCUT2D eigenvalue weighted by molar-refractivity contribution is 0.217. The fourth-order valence-electron chi connectivity index (χ4n) is 1.48. The lowest BCUT2D eigenvalue weighted by Gasteiger charge is -2.08. The highest BCUT2D eigenvalue weighted by atomic mass is 16.5. The summed E-state index contributed by atoms with van der Waals surface area (Å²) in [7, 11) is 0. The van der Waals surface area contributed by atoms with Gasteiger partial charge in [0.1, 0.15) is 36.2 Å². The van der Waals surface area contributed by atoms with Gasteiger partial charge in [0.05, 0.1) is 0 Å². The van der Waals surface area contributed by atoms with Gasteiger partial charge in [-0.15, -0.1) is 0 Å². The van der Waals surface area contributed by atoms with Gasteiger partial charge < -0.3 is 15.2 Å². The van der Waals surface area contributed by atoms with Crippen molar-refractivity contribution in [1.82, 2.24) is 4.98 Å². The van der Waals surface area contributed by atoms with E-state index in [-0.39, 0.29) is 5.84 Å². The molecule has 0 bridgehead atoms. The Morgan fingerprint density at radius 1 is 1.05 bits per heavy atom. The second-order valence-corrected chi connectivity index (χ2v) is 3.80. The van der Waals surface area contributed by atoms with Gasteiger partial charge in [0.2, 0.25) is 0 Å². The maximum Gasteiger partial charge on any atom is 0.141 e. The SMILES string of the molecule is N=C(N)c1cc(OCCOc2ccccc2)ccn1. The van der Waals surface area contributed by atoms with Crippen LogP contribution in [0.4, 0.5) is 0 Å². The number of nitrogens with one attached hydrogen (secondary N) is 1. The summed E-state index contributed by atoms with van der Waals surface area (Å²) in [6.45, 7) is 0.859. The Bertz CT molecular complexity index is 543. The van der Waals surface area contributed by atoms with Crippen LogP contribution in [0.2, 0.25) is 0 Å². The maximum absolute atomic E-state index is 7.29. The molecular weight excluding hydrogens is 242 g/mol. The average Bonchev–Trinajstić information content (AvgIpc) is 2.45. The summed E-state index contributed by atoms with van der Waals surface area (Å²) in [5, 5.41) is 7.29. The summed E-state index contributed by atoms with van der Waals surface area (Å²) in [5.41, 5.74) is 5.76. The molecule has 98 valence electrons. The molecule has 2 rings (SSSR count). The topological polar surface area (TPSA) is 81.2 Å². The van der Waals surface area contributed by atoms with Gasteiger partial charge in [-0.1, -0.05) is 18.2 Å². The number of nitrogens with two attached hydrogens (primary N) is 1. The largest absolute Gasteiger partial charge is 0.490 e. The number of hydrogen-bond donors (Lipinski definition) is 2. The van der Waals surface area contributed by atoms with Crippen LogP contribution in [0.5, 0.6) is 11.5 Å². The normalized spacial score (nSPS) is 9.89. The first-order valence-electron chi connectivity index (χ1n) is 5.87. The van der Waals surface area contributed by atoms with Gasteiger partial charge in [-0.05, 0) is 18.2 Å². The van der Waals surface area contributed by atoms with Crippen LogP contribution in [0, 0.1) is 5.41 Å². The predicted octanol–water partition coefficient (Wildman–Crippen LogP) is 1.82. The monoisotopic (exact) mass is 257 g/mol. The zero-order valence-corrected chi connectivity index (χ0v) is 10.4. The Morgan fingerprint density at radius 2 is 1.74 bits per heavy atom. The number of amidine groups is 1. The van der Waals surface area contributed by atoms with Crippen LogP contribution >= 0.6 is 0 Å². The smallest absolute Gasteiger partial charge is 0.141 e. The van der Waals surface area contributed by atoms with E-state index >= 15 is 0 Å². The van der Waals surface area contributed by atoms with Crippen LogP contribution in [0.25, 0.3) is 0 Å². The number of hydrogen-bond acceptors (Lipinski definition) is 4. The summed E-state index contributed by atoms with van der Waals surface area (Å²) >= 11 is 0. The van der Waals surface area contributed by atoms with E-state index in [1.54, 1.807) is 18.3 Å². The molecule has 2 aromatic rings. The molecule has 1 aromatic carbocycles. The molecule has 5 heteroatoms. The third kappa shape index (κ3) is 3.99. The number of aromatic nitrogens is 1. The van der Waals surface area contributed by atoms with E-state index in [1.807, 2.05) is 30.3 Å². The Kier molecular flexibility index (Phi) is 4.34. The number of para-hydroxylation sites is 1. The number of rotatable bonds is 6. The van der Waals surface area contributed by atoms with Crippen LogP contribution < -0.4 is 15.2 Å². The molecule has 0 unspecified atom stereocenters. The Balaban J connectivity index is 1.80. The zero-order valence-electron chi connectivity index (χ0n) is 10.4. The standard InChI is InChI=1S/C14H15N3O2/c15-14(16)13-10-12(6-7-17-13)19-9-8-18-11-4-2-1-3-5-11/h1-7,10H,8-9H2,(H3,15,16). The van der Waals surface area contributed by atoms with E-state index in [9.17, 15) is 0 Å². The van der Waals surface area contributed by atoms with Gasteiger partial charge in [0.15, 0.2) is 0 Å². The first-order chi connectivity index (χ1) is 9.25. The Labute approximate surface area is 111 Å². The molecule has 0 aliphatic carbocycles. The summed E-state index contributed by atoms with van der Waals surface area (Å²) in [6.07, 6.45) is 1.56. The van der Waals surface area contributed by atoms with Gasteiger partial charge in [-0.2, -0.15) is 0 Å². The van der Waals surface area contributed by atoms with E-state index in [1.165, 1.54) is 0 Å². The van der Waals surface area contributed by atoms with Crippen molar-refractivity contribution in [3.8, 4) is 11.5 Å². The summed E-state index contributed by atoms with van der Waals surface area (Å²) < 4.78 is 11.0. The first kappa shape index (κ1) is 12.9. The molecule has 0 saturated heterocycles. The summed E-state index contributed by atoms with van der Waals surface area (Å²) in [5.74, 6) is 1.35. The summed E-state index contributed by atoms with van der Waals surface area (Å²) in [6, 6.07) is 12.9.